The Bertz CT molecular complexity index is 184. The van der Waals surface area contributed by atoms with Gasteiger partial charge in [-0.05, 0) is 12.8 Å². The topological polar surface area (TPSA) is 54.4 Å². The molecule has 0 aromatic heterocycles. The lowest BCUT2D eigenvalue weighted by Crippen LogP contribution is -2.03. The van der Waals surface area contributed by atoms with Crippen molar-refractivity contribution in [1.82, 2.24) is 0 Å². The van der Waals surface area contributed by atoms with E-state index in [9.17, 15) is 8.42 Å². The molecular formula is C8H17O3S. The number of unbranched alkanes of at least 4 members (excludes halogenated alkanes) is 5. The molecular weight excluding hydrogens is 176 g/mol. The molecule has 0 unspecified atom stereocenters. The largest absolute Gasteiger partial charge is 0.286 e. The third kappa shape index (κ3) is 9.91. The molecule has 1 radical (unpaired) electrons. The van der Waals surface area contributed by atoms with Gasteiger partial charge in [0.05, 0.1) is 5.75 Å². The monoisotopic (exact) mass is 193 g/mol. The molecule has 0 aromatic carbocycles. The van der Waals surface area contributed by atoms with Crippen molar-refractivity contribution in [3.8, 4) is 0 Å². The predicted molar refractivity (Wildman–Crippen MR) is 49.5 cm³/mol. The van der Waals surface area contributed by atoms with Gasteiger partial charge in [-0.3, -0.25) is 4.55 Å². The Hall–Kier alpha value is -0.0900. The average Bonchev–Trinajstić information content (AvgIpc) is 1.94. The van der Waals surface area contributed by atoms with E-state index in [2.05, 4.69) is 6.92 Å². The van der Waals surface area contributed by atoms with Gasteiger partial charge >= 0.3 is 0 Å². The highest BCUT2D eigenvalue weighted by Gasteiger charge is 2.02. The fraction of sp³-hybridized carbons (Fsp3) is 0.875. The summed E-state index contributed by atoms with van der Waals surface area (Å²) in [6.07, 6.45) is 6.80. The number of rotatable bonds is 7. The summed E-state index contributed by atoms with van der Waals surface area (Å²) in [5, 5.41) is 0. The third-order valence-corrected chi connectivity index (χ3v) is 2.34. The lowest BCUT2D eigenvalue weighted by molar-refractivity contribution is 0.482. The minimum atomic E-state index is -3.75. The Morgan fingerprint density at radius 2 is 1.92 bits per heavy atom. The predicted octanol–water partition coefficient (Wildman–Crippen LogP) is 2.05. The molecule has 0 aliphatic carbocycles. The summed E-state index contributed by atoms with van der Waals surface area (Å²) >= 11 is 0. The van der Waals surface area contributed by atoms with Crippen molar-refractivity contribution in [2.45, 2.75) is 39.0 Å². The van der Waals surface area contributed by atoms with Crippen molar-refractivity contribution < 1.29 is 13.0 Å². The quantitative estimate of drug-likeness (QED) is 0.497. The Kier molecular flexibility index (Phi) is 6.38. The lowest BCUT2D eigenvalue weighted by Gasteiger charge is -1.97. The fourth-order valence-corrected chi connectivity index (χ4v) is 1.38. The van der Waals surface area contributed by atoms with Crippen LogP contribution in [0.5, 0.6) is 0 Å². The molecule has 1 N–H and O–H groups in total. The molecule has 3 nitrogen and oxygen atoms in total. The first kappa shape index (κ1) is 11.9. The zero-order valence-corrected chi connectivity index (χ0v) is 8.31. The van der Waals surface area contributed by atoms with Crippen molar-refractivity contribution in [3.05, 3.63) is 6.42 Å². The molecule has 4 heteroatoms. The maximum absolute atomic E-state index is 10.3. The Morgan fingerprint density at radius 3 is 2.42 bits per heavy atom. The van der Waals surface area contributed by atoms with Gasteiger partial charge < -0.3 is 0 Å². The van der Waals surface area contributed by atoms with Crippen LogP contribution in [0.4, 0.5) is 0 Å². The highest BCUT2D eigenvalue weighted by Crippen LogP contribution is 2.04. The Labute approximate surface area is 74.9 Å². The minimum absolute atomic E-state index is 0.140. The molecule has 0 amide bonds. The highest BCUT2D eigenvalue weighted by molar-refractivity contribution is 7.85. The molecule has 0 fully saturated rings. The van der Waals surface area contributed by atoms with Gasteiger partial charge in [-0.2, -0.15) is 8.42 Å². The van der Waals surface area contributed by atoms with Crippen molar-refractivity contribution >= 4 is 10.1 Å². The van der Waals surface area contributed by atoms with E-state index in [0.29, 0.717) is 6.42 Å². The standard InChI is InChI=1S/C8H17O3S/c1-2-3-4-5-6-7-8-12(9,10)11/h6H,2-5,7-8H2,1H3,(H,9,10,11). The third-order valence-electron chi connectivity index (χ3n) is 1.59. The van der Waals surface area contributed by atoms with Crippen LogP contribution < -0.4 is 0 Å². The maximum atomic E-state index is 10.3. The van der Waals surface area contributed by atoms with Crippen LogP contribution in [-0.2, 0) is 10.1 Å². The molecule has 0 saturated heterocycles. The van der Waals surface area contributed by atoms with Gasteiger partial charge in [0.15, 0.2) is 0 Å². The molecule has 0 aliphatic rings. The maximum Gasteiger partial charge on any atom is 0.264 e. The van der Waals surface area contributed by atoms with Crippen LogP contribution in [0, 0.1) is 6.42 Å². The molecule has 73 valence electrons. The van der Waals surface area contributed by atoms with Crippen molar-refractivity contribution in [1.29, 1.82) is 0 Å². The molecule has 0 bridgehead atoms. The number of hydrogen-bond acceptors (Lipinski definition) is 2. The van der Waals surface area contributed by atoms with E-state index in [1.54, 1.807) is 0 Å². The first-order valence-electron chi connectivity index (χ1n) is 4.33. The zero-order valence-electron chi connectivity index (χ0n) is 7.49. The van der Waals surface area contributed by atoms with Crippen LogP contribution in [0.3, 0.4) is 0 Å². The Balaban J connectivity index is 3.12. The molecule has 12 heavy (non-hydrogen) atoms. The van der Waals surface area contributed by atoms with Crippen LogP contribution in [-0.4, -0.2) is 18.7 Å². The van der Waals surface area contributed by atoms with Crippen molar-refractivity contribution in [2.75, 3.05) is 5.75 Å². The van der Waals surface area contributed by atoms with E-state index in [4.69, 9.17) is 4.55 Å². The summed E-state index contributed by atoms with van der Waals surface area (Å²) in [5.74, 6) is -0.140. The summed E-state index contributed by atoms with van der Waals surface area (Å²) in [5.41, 5.74) is 0. The highest BCUT2D eigenvalue weighted by atomic mass is 32.2. The van der Waals surface area contributed by atoms with Crippen LogP contribution >= 0.6 is 0 Å². The molecule has 0 aromatic rings. The van der Waals surface area contributed by atoms with Crippen LogP contribution in [0.1, 0.15) is 39.0 Å². The second-order valence-corrected chi connectivity index (χ2v) is 4.43. The summed E-state index contributed by atoms with van der Waals surface area (Å²) in [7, 11) is -3.75. The summed E-state index contributed by atoms with van der Waals surface area (Å²) < 4.78 is 28.9. The normalized spacial score (nSPS) is 11.8. The molecule has 0 spiro atoms. The fourth-order valence-electron chi connectivity index (χ4n) is 0.915. The van der Waals surface area contributed by atoms with E-state index in [1.165, 1.54) is 12.8 Å². The summed E-state index contributed by atoms with van der Waals surface area (Å²) in [6, 6.07) is 0. The average molecular weight is 193 g/mol. The van der Waals surface area contributed by atoms with Gasteiger partial charge in [0, 0.05) is 0 Å². The SMILES string of the molecule is CCCCC[CH]CCS(=O)(=O)O. The van der Waals surface area contributed by atoms with Gasteiger partial charge in [0.1, 0.15) is 0 Å². The second kappa shape index (κ2) is 6.43. The van der Waals surface area contributed by atoms with Gasteiger partial charge in [0.25, 0.3) is 10.1 Å². The van der Waals surface area contributed by atoms with Gasteiger partial charge in [-0.25, -0.2) is 0 Å². The molecule has 0 saturated carbocycles. The van der Waals surface area contributed by atoms with E-state index < -0.39 is 10.1 Å². The van der Waals surface area contributed by atoms with Crippen LogP contribution in [0.2, 0.25) is 0 Å². The first-order chi connectivity index (χ1) is 5.56. The van der Waals surface area contributed by atoms with Gasteiger partial charge in [-0.1, -0.05) is 32.6 Å². The Morgan fingerprint density at radius 1 is 1.25 bits per heavy atom. The van der Waals surface area contributed by atoms with Gasteiger partial charge in [0.2, 0.25) is 0 Å². The van der Waals surface area contributed by atoms with Crippen LogP contribution in [0.25, 0.3) is 0 Å². The van der Waals surface area contributed by atoms with E-state index >= 15 is 0 Å². The second-order valence-electron chi connectivity index (χ2n) is 2.86. The van der Waals surface area contributed by atoms with Crippen LogP contribution in [0.15, 0.2) is 0 Å². The van der Waals surface area contributed by atoms with Crippen molar-refractivity contribution in [3.63, 3.8) is 0 Å². The number of hydrogen-bond donors (Lipinski definition) is 1. The first-order valence-corrected chi connectivity index (χ1v) is 5.94. The molecule has 0 rings (SSSR count). The van der Waals surface area contributed by atoms with Crippen molar-refractivity contribution in [2.24, 2.45) is 0 Å². The zero-order chi connectivity index (χ0) is 9.45. The minimum Gasteiger partial charge on any atom is -0.286 e. The lowest BCUT2D eigenvalue weighted by atomic mass is 10.1. The van der Waals surface area contributed by atoms with E-state index in [1.807, 2.05) is 6.42 Å². The van der Waals surface area contributed by atoms with E-state index in [-0.39, 0.29) is 5.75 Å². The summed E-state index contributed by atoms with van der Waals surface area (Å²) in [6.45, 7) is 2.12. The molecule has 0 aliphatic heterocycles. The summed E-state index contributed by atoms with van der Waals surface area (Å²) in [4.78, 5) is 0. The van der Waals surface area contributed by atoms with Gasteiger partial charge in [-0.15, -0.1) is 0 Å². The van der Waals surface area contributed by atoms with E-state index in [0.717, 1.165) is 12.8 Å². The smallest absolute Gasteiger partial charge is 0.264 e. The molecule has 0 atom stereocenters. The molecule has 0 heterocycles.